The van der Waals surface area contributed by atoms with E-state index in [-0.39, 0.29) is 24.1 Å². The maximum absolute atomic E-state index is 13.7. The van der Waals surface area contributed by atoms with Crippen LogP contribution in [-0.2, 0) is 28.2 Å². The Hall–Kier alpha value is -2.37. The van der Waals surface area contributed by atoms with Gasteiger partial charge in [0.15, 0.2) is 15.3 Å². The summed E-state index contributed by atoms with van der Waals surface area (Å²) in [6, 6.07) is 6.98. The van der Waals surface area contributed by atoms with Gasteiger partial charge in [0.25, 0.3) is 0 Å². The number of aliphatic hydroxyl groups is 1. The molecular formula is C40H58F3NO5S2. The molecule has 1 aliphatic rings. The van der Waals surface area contributed by atoms with Gasteiger partial charge in [0, 0.05) is 30.7 Å². The van der Waals surface area contributed by atoms with Crippen molar-refractivity contribution in [3.63, 3.8) is 0 Å². The summed E-state index contributed by atoms with van der Waals surface area (Å²) < 4.78 is 73.4. The molecule has 3 heterocycles. The van der Waals surface area contributed by atoms with Crippen molar-refractivity contribution in [1.82, 2.24) is 4.57 Å². The fourth-order valence-electron chi connectivity index (χ4n) is 7.61. The number of rotatable bonds is 23. The fourth-order valence-corrected chi connectivity index (χ4v) is 9.88. The molecule has 0 amide bonds. The zero-order chi connectivity index (χ0) is 37.1. The zero-order valence-corrected chi connectivity index (χ0v) is 32.4. The summed E-state index contributed by atoms with van der Waals surface area (Å²) in [7, 11) is -3.52. The van der Waals surface area contributed by atoms with Crippen LogP contribution >= 0.6 is 11.3 Å². The van der Waals surface area contributed by atoms with Crippen molar-refractivity contribution in [2.75, 3.05) is 12.4 Å². The summed E-state index contributed by atoms with van der Waals surface area (Å²) in [5.74, 6) is 0.821. The van der Waals surface area contributed by atoms with Crippen LogP contribution in [0.3, 0.4) is 0 Å². The van der Waals surface area contributed by atoms with E-state index in [1.54, 1.807) is 18.3 Å². The predicted molar refractivity (Wildman–Crippen MR) is 202 cm³/mol. The number of halogens is 3. The Morgan fingerprint density at radius 3 is 2.18 bits per heavy atom. The van der Waals surface area contributed by atoms with Gasteiger partial charge in [-0.1, -0.05) is 97.8 Å². The van der Waals surface area contributed by atoms with E-state index in [0.29, 0.717) is 54.1 Å². The van der Waals surface area contributed by atoms with E-state index in [4.69, 9.17) is 4.74 Å². The first kappa shape index (κ1) is 41.4. The second kappa shape index (κ2) is 18.6. The van der Waals surface area contributed by atoms with Crippen molar-refractivity contribution in [2.24, 2.45) is 0 Å². The first-order valence-electron chi connectivity index (χ1n) is 19.0. The fraction of sp³-hybridized carbons (Fsp3) is 0.675. The molecule has 2 aromatic heterocycles. The Labute approximate surface area is 306 Å². The van der Waals surface area contributed by atoms with Crippen molar-refractivity contribution in [1.29, 1.82) is 0 Å². The highest BCUT2D eigenvalue weighted by molar-refractivity contribution is 7.91. The van der Waals surface area contributed by atoms with Crippen LogP contribution in [0.5, 0.6) is 5.75 Å². The molecule has 0 spiro atoms. The van der Waals surface area contributed by atoms with Crippen LogP contribution in [0.15, 0.2) is 45.5 Å². The van der Waals surface area contributed by atoms with E-state index < -0.39 is 33.5 Å². The van der Waals surface area contributed by atoms with E-state index >= 15 is 0 Å². The minimum atomic E-state index is -4.10. The SMILES string of the molecule is CCCCCCCCCS(=O)(=O)c1cc2c(c(C(C)(C)CC(O)(CCCCCCCCCC(F)(F)F)Cn3ccc(=O)c4sccc43)c1)OCC2. The summed E-state index contributed by atoms with van der Waals surface area (Å²) in [6.07, 6.45) is 10.3. The number of unbranched alkanes of at least 4 members (excludes halogenated alkanes) is 12. The van der Waals surface area contributed by atoms with Crippen LogP contribution < -0.4 is 10.2 Å². The number of alkyl halides is 3. The molecule has 11 heteroatoms. The number of fused-ring (bicyclic) bond motifs is 2. The highest BCUT2D eigenvalue weighted by atomic mass is 32.2. The average Bonchev–Trinajstić information content (AvgIpc) is 3.75. The molecule has 3 aromatic rings. The molecule has 1 aromatic carbocycles. The number of benzene rings is 1. The Balaban J connectivity index is 1.51. The molecule has 0 saturated heterocycles. The lowest BCUT2D eigenvalue weighted by atomic mass is 9.73. The summed E-state index contributed by atoms with van der Waals surface area (Å²) in [5.41, 5.74) is 0.506. The average molecular weight is 754 g/mol. The summed E-state index contributed by atoms with van der Waals surface area (Å²) in [4.78, 5) is 12.9. The zero-order valence-electron chi connectivity index (χ0n) is 30.8. The van der Waals surface area contributed by atoms with Crippen LogP contribution in [0, 0.1) is 0 Å². The Morgan fingerprint density at radius 1 is 0.882 bits per heavy atom. The van der Waals surface area contributed by atoms with Gasteiger partial charge < -0.3 is 14.4 Å². The van der Waals surface area contributed by atoms with E-state index in [1.807, 2.05) is 29.9 Å². The minimum absolute atomic E-state index is 0.0578. The van der Waals surface area contributed by atoms with Gasteiger partial charge in [0.2, 0.25) is 0 Å². The highest BCUT2D eigenvalue weighted by Crippen LogP contribution is 2.44. The Morgan fingerprint density at radius 2 is 1.51 bits per heavy atom. The number of hydrogen-bond donors (Lipinski definition) is 1. The summed E-state index contributed by atoms with van der Waals surface area (Å²) in [5, 5.41) is 14.4. The van der Waals surface area contributed by atoms with Gasteiger partial charge in [-0.3, -0.25) is 4.79 Å². The lowest BCUT2D eigenvalue weighted by Crippen LogP contribution is -2.41. The number of hydrogen-bond acceptors (Lipinski definition) is 6. The number of pyridine rings is 1. The molecule has 4 rings (SSSR count). The molecule has 1 aliphatic heterocycles. The van der Waals surface area contributed by atoms with Gasteiger partial charge >= 0.3 is 6.18 Å². The number of aromatic nitrogens is 1. The van der Waals surface area contributed by atoms with Crippen molar-refractivity contribution in [3.8, 4) is 5.75 Å². The first-order chi connectivity index (χ1) is 24.1. The second-order valence-corrected chi connectivity index (χ2v) is 18.3. The molecule has 51 heavy (non-hydrogen) atoms. The molecule has 1 unspecified atom stereocenters. The maximum Gasteiger partial charge on any atom is 0.389 e. The highest BCUT2D eigenvalue weighted by Gasteiger charge is 2.39. The number of ether oxygens (including phenoxy) is 1. The van der Waals surface area contributed by atoms with Crippen LogP contribution in [0.2, 0.25) is 0 Å². The normalized spacial score (nSPS) is 14.9. The van der Waals surface area contributed by atoms with E-state index in [9.17, 15) is 31.5 Å². The van der Waals surface area contributed by atoms with Crippen molar-refractivity contribution < 1.29 is 31.4 Å². The topological polar surface area (TPSA) is 85.6 Å². The largest absolute Gasteiger partial charge is 0.493 e. The molecule has 0 fully saturated rings. The predicted octanol–water partition coefficient (Wildman–Crippen LogP) is 10.7. The van der Waals surface area contributed by atoms with Gasteiger partial charge in [-0.15, -0.1) is 11.3 Å². The molecule has 0 bridgehead atoms. The molecular weight excluding hydrogens is 696 g/mol. The van der Waals surface area contributed by atoms with Crippen LogP contribution in [-0.4, -0.2) is 42.2 Å². The van der Waals surface area contributed by atoms with Gasteiger partial charge in [0.1, 0.15) is 5.75 Å². The van der Waals surface area contributed by atoms with Crippen molar-refractivity contribution >= 4 is 31.4 Å². The lowest BCUT2D eigenvalue weighted by molar-refractivity contribution is -0.135. The standard InChI is InChI=1S/C40H58F3NO5S2/c1-4-5-6-7-11-14-17-26-51(47,48)32-27-31-19-24-49-36(31)33(28-32)38(2,3)29-39(46,21-15-12-9-8-10-13-16-22-40(41,42)43)30-44-23-18-35(45)37-34(44)20-25-50-37/h18,20,23,25,27-28,46H,4-17,19,21-22,24,26,29-30H2,1-3H3. The Kier molecular flexibility index (Phi) is 15.1. The molecule has 286 valence electrons. The van der Waals surface area contributed by atoms with E-state index in [1.165, 1.54) is 36.7 Å². The van der Waals surface area contributed by atoms with Crippen LogP contribution in [0.25, 0.3) is 10.2 Å². The number of sulfone groups is 1. The number of nitrogens with zero attached hydrogens (tertiary/aromatic N) is 1. The van der Waals surface area contributed by atoms with E-state index in [2.05, 4.69) is 6.92 Å². The van der Waals surface area contributed by atoms with Crippen LogP contribution in [0.4, 0.5) is 13.2 Å². The Bertz CT molecular complexity index is 1710. The van der Waals surface area contributed by atoms with Crippen molar-refractivity contribution in [2.45, 2.75) is 165 Å². The second-order valence-electron chi connectivity index (χ2n) is 15.3. The van der Waals surface area contributed by atoms with Crippen molar-refractivity contribution in [3.05, 3.63) is 57.2 Å². The van der Waals surface area contributed by atoms with Crippen LogP contribution in [0.1, 0.15) is 141 Å². The smallest absolute Gasteiger partial charge is 0.389 e. The quantitative estimate of drug-likeness (QED) is 0.0975. The third kappa shape index (κ3) is 12.3. The van der Waals surface area contributed by atoms with E-state index in [0.717, 1.165) is 68.0 Å². The molecule has 0 radical (unpaired) electrons. The third-order valence-electron chi connectivity index (χ3n) is 10.3. The molecule has 1 atom stereocenters. The van der Waals surface area contributed by atoms with Gasteiger partial charge in [-0.05, 0) is 60.2 Å². The van der Waals surface area contributed by atoms with Gasteiger partial charge in [-0.2, -0.15) is 13.2 Å². The van der Waals surface area contributed by atoms with Gasteiger partial charge in [-0.25, -0.2) is 8.42 Å². The van der Waals surface area contributed by atoms with Gasteiger partial charge in [0.05, 0.1) is 39.6 Å². The number of thiophene rings is 1. The molecule has 0 aliphatic carbocycles. The summed E-state index contributed by atoms with van der Waals surface area (Å²) in [6.45, 7) is 6.98. The molecule has 0 saturated carbocycles. The first-order valence-corrected chi connectivity index (χ1v) is 21.6. The minimum Gasteiger partial charge on any atom is -0.493 e. The lowest BCUT2D eigenvalue weighted by Gasteiger charge is -2.38. The molecule has 6 nitrogen and oxygen atoms in total. The third-order valence-corrected chi connectivity index (χ3v) is 13.0. The summed E-state index contributed by atoms with van der Waals surface area (Å²) >= 11 is 1.38. The maximum atomic E-state index is 13.7. The molecule has 1 N–H and O–H groups in total. The monoisotopic (exact) mass is 753 g/mol.